The molecule has 0 aliphatic carbocycles. The van der Waals surface area contributed by atoms with E-state index in [1.165, 1.54) is 0 Å². The Morgan fingerprint density at radius 1 is 1.21 bits per heavy atom. The highest BCUT2D eigenvalue weighted by Crippen LogP contribution is 2.34. The fourth-order valence-corrected chi connectivity index (χ4v) is 4.24. The first-order chi connectivity index (χ1) is 15.5. The molecule has 1 saturated heterocycles. The zero-order chi connectivity index (χ0) is 24.2. The summed E-state index contributed by atoms with van der Waals surface area (Å²) < 4.78 is 5.32. The van der Waals surface area contributed by atoms with E-state index in [1.807, 2.05) is 39.1 Å². The molecule has 33 heavy (non-hydrogen) atoms. The van der Waals surface area contributed by atoms with E-state index in [0.717, 1.165) is 42.7 Å². The predicted molar refractivity (Wildman–Crippen MR) is 133 cm³/mol. The van der Waals surface area contributed by atoms with Crippen molar-refractivity contribution in [2.45, 2.75) is 58.6 Å². The molecule has 2 heterocycles. The summed E-state index contributed by atoms with van der Waals surface area (Å²) in [6, 6.07) is 7.70. The summed E-state index contributed by atoms with van der Waals surface area (Å²) in [7, 11) is 0. The zero-order valence-corrected chi connectivity index (χ0v) is 21.0. The molecule has 0 bridgehead atoms. The summed E-state index contributed by atoms with van der Waals surface area (Å²) in [5, 5.41) is 4.11. The van der Waals surface area contributed by atoms with Crippen LogP contribution in [-0.2, 0) is 14.3 Å². The van der Waals surface area contributed by atoms with Crippen molar-refractivity contribution >= 4 is 40.8 Å². The quantitative estimate of drug-likeness (QED) is 0.539. The van der Waals surface area contributed by atoms with Crippen LogP contribution in [0.3, 0.4) is 0 Å². The molecule has 1 amide bonds. The third kappa shape index (κ3) is 7.08. The number of hydrogen-bond donors (Lipinski definition) is 1. The van der Waals surface area contributed by atoms with Crippen molar-refractivity contribution in [3.63, 3.8) is 0 Å². The number of carbonyl (C=O) groups excluding carboxylic acids is 2. The number of nitrogens with one attached hydrogen (secondary N) is 1. The van der Waals surface area contributed by atoms with Gasteiger partial charge in [0.2, 0.25) is 5.91 Å². The highest BCUT2D eigenvalue weighted by atomic mass is 35.5. The van der Waals surface area contributed by atoms with Crippen LogP contribution >= 0.6 is 23.2 Å². The number of halogens is 2. The van der Waals surface area contributed by atoms with E-state index in [9.17, 15) is 9.59 Å². The van der Waals surface area contributed by atoms with E-state index in [-0.39, 0.29) is 24.3 Å². The van der Waals surface area contributed by atoms with Crippen LogP contribution in [0.4, 0.5) is 5.69 Å². The molecule has 1 aromatic carbocycles. The van der Waals surface area contributed by atoms with Crippen molar-refractivity contribution in [2.75, 3.05) is 18.0 Å². The minimum absolute atomic E-state index is 0.0759. The number of anilines is 1. The lowest BCUT2D eigenvalue weighted by molar-refractivity contribution is -0.157. The minimum Gasteiger partial charge on any atom is -0.460 e. The van der Waals surface area contributed by atoms with Crippen LogP contribution in [0.5, 0.6) is 0 Å². The Morgan fingerprint density at radius 2 is 1.91 bits per heavy atom. The highest BCUT2D eigenvalue weighted by molar-refractivity contribution is 6.43. The molecule has 1 aliphatic heterocycles. The number of amides is 1. The Hall–Kier alpha value is -2.31. The number of nitrogens with zero attached hydrogens (tertiary/aromatic N) is 2. The van der Waals surface area contributed by atoms with Gasteiger partial charge in [-0.05, 0) is 45.7 Å². The molecule has 3 rings (SSSR count). The first-order valence-corrected chi connectivity index (χ1v) is 12.0. The predicted octanol–water partition coefficient (Wildman–Crippen LogP) is 5.51. The van der Waals surface area contributed by atoms with Crippen molar-refractivity contribution in [1.82, 2.24) is 10.3 Å². The summed E-state index contributed by atoms with van der Waals surface area (Å²) in [6.45, 7) is 8.79. The highest BCUT2D eigenvalue weighted by Gasteiger charge is 2.26. The molecule has 1 unspecified atom stereocenters. The third-order valence-corrected chi connectivity index (χ3v) is 6.35. The number of benzene rings is 1. The van der Waals surface area contributed by atoms with Gasteiger partial charge in [0, 0.05) is 42.4 Å². The molecule has 0 radical (unpaired) electrons. The maximum Gasteiger partial charge on any atom is 0.307 e. The van der Waals surface area contributed by atoms with E-state index in [1.54, 1.807) is 19.2 Å². The standard InChI is InChI=1S/C25H31Cl2N3O3/c1-16(12-22(31)33-25(2,3)4)24(32)29-18-8-10-30(11-9-18)19-13-17(14-28-15-19)20-6-5-7-21(26)23(20)27/h5-7,13-16,18H,8-12H2,1-4H3,(H,29,32). The van der Waals surface area contributed by atoms with Crippen LogP contribution in [-0.4, -0.2) is 41.6 Å². The van der Waals surface area contributed by atoms with Crippen LogP contribution in [0.1, 0.15) is 47.0 Å². The summed E-state index contributed by atoms with van der Waals surface area (Å²) in [5.74, 6) is -0.896. The van der Waals surface area contributed by atoms with Gasteiger partial charge in [-0.25, -0.2) is 0 Å². The molecular formula is C25H31Cl2N3O3. The summed E-state index contributed by atoms with van der Waals surface area (Å²) in [4.78, 5) is 31.2. The van der Waals surface area contributed by atoms with E-state index in [2.05, 4.69) is 21.3 Å². The molecule has 6 nitrogen and oxygen atoms in total. The molecule has 2 aromatic rings. The molecule has 1 aliphatic rings. The fourth-order valence-electron chi connectivity index (χ4n) is 3.83. The zero-order valence-electron chi connectivity index (χ0n) is 19.5. The second-order valence-electron chi connectivity index (χ2n) is 9.49. The average Bonchev–Trinajstić information content (AvgIpc) is 2.75. The number of esters is 1. The van der Waals surface area contributed by atoms with Gasteiger partial charge in [-0.15, -0.1) is 0 Å². The second-order valence-corrected chi connectivity index (χ2v) is 10.3. The number of piperidine rings is 1. The lowest BCUT2D eigenvalue weighted by atomic mass is 10.0. The molecular weight excluding hydrogens is 461 g/mol. The lowest BCUT2D eigenvalue weighted by Crippen LogP contribution is -2.46. The summed E-state index contributed by atoms with van der Waals surface area (Å²) in [6.07, 6.45) is 5.32. The van der Waals surface area contributed by atoms with E-state index in [0.29, 0.717) is 10.0 Å². The molecule has 1 atom stereocenters. The number of ether oxygens (including phenoxy) is 1. The van der Waals surface area contributed by atoms with Gasteiger partial charge in [-0.1, -0.05) is 42.3 Å². The normalized spacial score (nSPS) is 15.8. The minimum atomic E-state index is -0.551. The lowest BCUT2D eigenvalue weighted by Gasteiger charge is -2.34. The summed E-state index contributed by atoms with van der Waals surface area (Å²) in [5.41, 5.74) is 2.21. The topological polar surface area (TPSA) is 71.5 Å². The SMILES string of the molecule is CC(CC(=O)OC(C)(C)C)C(=O)NC1CCN(c2cncc(-c3cccc(Cl)c3Cl)c2)CC1. The largest absolute Gasteiger partial charge is 0.460 e. The van der Waals surface area contributed by atoms with Gasteiger partial charge in [0.15, 0.2) is 0 Å². The first kappa shape index (κ1) is 25.3. The van der Waals surface area contributed by atoms with Gasteiger partial charge in [0.05, 0.1) is 28.4 Å². The second kappa shape index (κ2) is 10.7. The average molecular weight is 492 g/mol. The molecule has 0 spiro atoms. The van der Waals surface area contributed by atoms with Gasteiger partial charge in [-0.2, -0.15) is 0 Å². The number of pyridine rings is 1. The third-order valence-electron chi connectivity index (χ3n) is 5.53. The Balaban J connectivity index is 1.54. The Labute approximate surface area is 205 Å². The molecule has 0 saturated carbocycles. The Morgan fingerprint density at radius 3 is 2.58 bits per heavy atom. The van der Waals surface area contributed by atoms with Gasteiger partial charge >= 0.3 is 5.97 Å². The van der Waals surface area contributed by atoms with Crippen molar-refractivity contribution in [2.24, 2.45) is 5.92 Å². The maximum absolute atomic E-state index is 12.6. The van der Waals surface area contributed by atoms with Crippen molar-refractivity contribution in [3.8, 4) is 11.1 Å². The molecule has 178 valence electrons. The number of carbonyl (C=O) groups is 2. The molecule has 1 N–H and O–H groups in total. The van der Waals surface area contributed by atoms with Crippen LogP contribution in [0.2, 0.25) is 10.0 Å². The molecule has 8 heteroatoms. The smallest absolute Gasteiger partial charge is 0.307 e. The Kier molecular flexibility index (Phi) is 8.24. The number of hydrogen-bond acceptors (Lipinski definition) is 5. The first-order valence-electron chi connectivity index (χ1n) is 11.2. The van der Waals surface area contributed by atoms with Crippen LogP contribution in [0, 0.1) is 5.92 Å². The van der Waals surface area contributed by atoms with Gasteiger partial charge in [0.25, 0.3) is 0 Å². The van der Waals surface area contributed by atoms with E-state index in [4.69, 9.17) is 27.9 Å². The van der Waals surface area contributed by atoms with Crippen molar-refractivity contribution < 1.29 is 14.3 Å². The molecule has 1 aromatic heterocycles. The fraction of sp³-hybridized carbons (Fsp3) is 0.480. The van der Waals surface area contributed by atoms with Crippen LogP contribution < -0.4 is 10.2 Å². The van der Waals surface area contributed by atoms with Gasteiger partial charge < -0.3 is 15.0 Å². The number of rotatable bonds is 6. The Bertz CT molecular complexity index is 999. The van der Waals surface area contributed by atoms with E-state index >= 15 is 0 Å². The van der Waals surface area contributed by atoms with E-state index < -0.39 is 11.5 Å². The van der Waals surface area contributed by atoms with Crippen molar-refractivity contribution in [1.29, 1.82) is 0 Å². The monoisotopic (exact) mass is 491 g/mol. The van der Waals surface area contributed by atoms with Gasteiger partial charge in [0.1, 0.15) is 5.60 Å². The maximum atomic E-state index is 12.6. The van der Waals surface area contributed by atoms with Gasteiger partial charge in [-0.3, -0.25) is 14.6 Å². The number of aromatic nitrogens is 1. The van der Waals surface area contributed by atoms with Crippen LogP contribution in [0.25, 0.3) is 11.1 Å². The molecule has 1 fully saturated rings. The van der Waals surface area contributed by atoms with Crippen molar-refractivity contribution in [3.05, 3.63) is 46.7 Å². The summed E-state index contributed by atoms with van der Waals surface area (Å²) >= 11 is 12.5. The van der Waals surface area contributed by atoms with Crippen LogP contribution in [0.15, 0.2) is 36.7 Å².